The van der Waals surface area contributed by atoms with Gasteiger partial charge in [0.25, 0.3) is 11.6 Å². The van der Waals surface area contributed by atoms with Gasteiger partial charge in [0.05, 0.1) is 17.7 Å². The summed E-state index contributed by atoms with van der Waals surface area (Å²) in [4.78, 5) is 33.8. The van der Waals surface area contributed by atoms with Crippen molar-refractivity contribution in [2.75, 3.05) is 6.54 Å². The number of hydrazone groups is 1. The Bertz CT molecular complexity index is 707. The molecule has 8 nitrogen and oxygen atoms in total. The predicted molar refractivity (Wildman–Crippen MR) is 123 cm³/mol. The third-order valence-electron chi connectivity index (χ3n) is 4.94. The minimum absolute atomic E-state index is 0.0510. The molecule has 0 aliphatic carbocycles. The van der Waals surface area contributed by atoms with Crippen molar-refractivity contribution in [3.63, 3.8) is 0 Å². The van der Waals surface area contributed by atoms with Crippen LogP contribution in [0.5, 0.6) is 0 Å². The van der Waals surface area contributed by atoms with Crippen LogP contribution in [-0.4, -0.2) is 29.5 Å². The standard InChI is InChI=1S/C23H36N4O4/c1-2-3-4-5-6-7-8-9-10-11-12-16-22(28)24-19-23(29)26-25-18-20-14-13-15-21(17-20)27(30)31/h13-15,17-18H,2-12,16,19H2,1H3,(H,24,28)(H,26,29)/b25-18-. The largest absolute Gasteiger partial charge is 0.347 e. The van der Waals surface area contributed by atoms with E-state index in [0.29, 0.717) is 12.0 Å². The Kier molecular flexibility index (Phi) is 14.4. The number of hydrogen-bond acceptors (Lipinski definition) is 5. The van der Waals surface area contributed by atoms with Gasteiger partial charge in [-0.2, -0.15) is 5.10 Å². The smallest absolute Gasteiger partial charge is 0.270 e. The van der Waals surface area contributed by atoms with Crippen molar-refractivity contribution in [2.45, 2.75) is 84.0 Å². The highest BCUT2D eigenvalue weighted by Gasteiger charge is 2.06. The molecule has 2 amide bonds. The van der Waals surface area contributed by atoms with E-state index < -0.39 is 10.8 Å². The van der Waals surface area contributed by atoms with E-state index in [-0.39, 0.29) is 18.1 Å². The van der Waals surface area contributed by atoms with Crippen molar-refractivity contribution in [3.8, 4) is 0 Å². The first-order chi connectivity index (χ1) is 15.0. The molecule has 0 aliphatic rings. The lowest BCUT2D eigenvalue weighted by molar-refractivity contribution is -0.384. The van der Waals surface area contributed by atoms with Gasteiger partial charge in [-0.25, -0.2) is 5.43 Å². The van der Waals surface area contributed by atoms with Crippen LogP contribution in [0.25, 0.3) is 0 Å². The molecule has 2 N–H and O–H groups in total. The molecule has 0 bridgehead atoms. The number of benzene rings is 1. The molecule has 0 aromatic heterocycles. The van der Waals surface area contributed by atoms with Crippen molar-refractivity contribution in [3.05, 3.63) is 39.9 Å². The molecule has 1 aromatic rings. The van der Waals surface area contributed by atoms with Gasteiger partial charge in [-0.1, -0.05) is 83.3 Å². The van der Waals surface area contributed by atoms with Crippen molar-refractivity contribution in [1.82, 2.24) is 10.7 Å². The number of nitrogens with zero attached hydrogens (tertiary/aromatic N) is 2. The van der Waals surface area contributed by atoms with E-state index in [2.05, 4.69) is 22.8 Å². The molecule has 172 valence electrons. The molecule has 8 heteroatoms. The second-order valence-electron chi connectivity index (χ2n) is 7.71. The number of nitro groups is 1. The van der Waals surface area contributed by atoms with E-state index in [1.54, 1.807) is 6.07 Å². The summed E-state index contributed by atoms with van der Waals surface area (Å²) in [6.07, 6.45) is 15.2. The highest BCUT2D eigenvalue weighted by molar-refractivity contribution is 5.86. The van der Waals surface area contributed by atoms with E-state index in [9.17, 15) is 19.7 Å². The average molecular weight is 433 g/mol. The molecule has 0 fully saturated rings. The van der Waals surface area contributed by atoms with Gasteiger partial charge in [0.1, 0.15) is 0 Å². The molecule has 1 aromatic carbocycles. The van der Waals surface area contributed by atoms with E-state index in [1.165, 1.54) is 75.8 Å². The van der Waals surface area contributed by atoms with Crippen LogP contribution in [-0.2, 0) is 9.59 Å². The molecule has 0 atom stereocenters. The van der Waals surface area contributed by atoms with Crippen LogP contribution in [0.15, 0.2) is 29.4 Å². The third kappa shape index (κ3) is 14.0. The summed E-state index contributed by atoms with van der Waals surface area (Å²) < 4.78 is 0. The van der Waals surface area contributed by atoms with Crippen LogP contribution in [0.1, 0.15) is 89.5 Å². The molecule has 1 rings (SSSR count). The number of carbonyl (C=O) groups excluding carboxylic acids is 2. The van der Waals surface area contributed by atoms with E-state index in [1.807, 2.05) is 0 Å². The van der Waals surface area contributed by atoms with Crippen LogP contribution in [0.2, 0.25) is 0 Å². The summed E-state index contributed by atoms with van der Waals surface area (Å²) in [6.45, 7) is 2.08. The molecular weight excluding hydrogens is 396 g/mol. The zero-order valence-corrected chi connectivity index (χ0v) is 18.6. The molecule has 31 heavy (non-hydrogen) atoms. The monoisotopic (exact) mass is 432 g/mol. The number of non-ortho nitro benzene ring substituents is 1. The van der Waals surface area contributed by atoms with E-state index in [0.717, 1.165) is 19.3 Å². The Morgan fingerprint density at radius 2 is 1.58 bits per heavy atom. The topological polar surface area (TPSA) is 114 Å². The Morgan fingerprint density at radius 3 is 2.19 bits per heavy atom. The zero-order valence-electron chi connectivity index (χ0n) is 18.6. The van der Waals surface area contributed by atoms with Crippen molar-refractivity contribution in [2.24, 2.45) is 5.10 Å². The number of unbranched alkanes of at least 4 members (excludes halogenated alkanes) is 10. The second kappa shape index (κ2) is 17.0. The Hall–Kier alpha value is -2.77. The summed E-state index contributed by atoms with van der Waals surface area (Å²) in [5, 5.41) is 17.1. The van der Waals surface area contributed by atoms with Crippen LogP contribution in [0.3, 0.4) is 0 Å². The highest BCUT2D eigenvalue weighted by Crippen LogP contribution is 2.12. The SMILES string of the molecule is CCCCCCCCCCCCCC(=O)NCC(=O)N/N=C\c1cccc([N+](=O)[O-])c1. The quantitative estimate of drug-likeness (QED) is 0.158. The fourth-order valence-electron chi connectivity index (χ4n) is 3.15. The van der Waals surface area contributed by atoms with E-state index >= 15 is 0 Å². The Labute approximate surface area is 185 Å². The van der Waals surface area contributed by atoms with Crippen LogP contribution < -0.4 is 10.7 Å². The number of nitro benzene ring substituents is 1. The van der Waals surface area contributed by atoms with Gasteiger partial charge in [0.15, 0.2) is 0 Å². The lowest BCUT2D eigenvalue weighted by atomic mass is 10.1. The van der Waals surface area contributed by atoms with Crippen molar-refractivity contribution >= 4 is 23.7 Å². The van der Waals surface area contributed by atoms with Crippen LogP contribution in [0, 0.1) is 10.1 Å². The Morgan fingerprint density at radius 1 is 0.968 bits per heavy atom. The second-order valence-corrected chi connectivity index (χ2v) is 7.71. The molecule has 0 aliphatic heterocycles. The van der Waals surface area contributed by atoms with Crippen LogP contribution >= 0.6 is 0 Å². The summed E-state index contributed by atoms with van der Waals surface area (Å²) in [5.41, 5.74) is 2.74. The predicted octanol–water partition coefficient (Wildman–Crippen LogP) is 4.86. The molecule has 0 saturated heterocycles. The fraction of sp³-hybridized carbons (Fsp3) is 0.609. The normalized spacial score (nSPS) is 10.9. The Balaban J connectivity index is 2.03. The van der Waals surface area contributed by atoms with Gasteiger partial charge in [-0.3, -0.25) is 19.7 Å². The summed E-state index contributed by atoms with van der Waals surface area (Å²) in [7, 11) is 0. The zero-order chi connectivity index (χ0) is 22.7. The highest BCUT2D eigenvalue weighted by atomic mass is 16.6. The minimum Gasteiger partial charge on any atom is -0.347 e. The number of carbonyl (C=O) groups is 2. The lowest BCUT2D eigenvalue weighted by Gasteiger charge is -2.05. The third-order valence-corrected chi connectivity index (χ3v) is 4.94. The molecular formula is C23H36N4O4. The molecule has 0 spiro atoms. The van der Waals surface area contributed by atoms with Crippen molar-refractivity contribution < 1.29 is 14.5 Å². The number of amides is 2. The van der Waals surface area contributed by atoms with E-state index in [4.69, 9.17) is 0 Å². The number of hydrogen-bond donors (Lipinski definition) is 2. The maximum atomic E-state index is 11.8. The van der Waals surface area contributed by atoms with Gasteiger partial charge in [-0.15, -0.1) is 0 Å². The summed E-state index contributed by atoms with van der Waals surface area (Å²) in [5.74, 6) is -0.595. The van der Waals surface area contributed by atoms with Crippen molar-refractivity contribution in [1.29, 1.82) is 0 Å². The molecule has 0 radical (unpaired) electrons. The first-order valence-electron chi connectivity index (χ1n) is 11.4. The maximum absolute atomic E-state index is 11.8. The minimum atomic E-state index is -0.499. The molecule has 0 unspecified atom stereocenters. The van der Waals surface area contributed by atoms with Gasteiger partial charge < -0.3 is 5.32 Å². The fourth-order valence-corrected chi connectivity index (χ4v) is 3.15. The summed E-state index contributed by atoms with van der Waals surface area (Å²) in [6, 6.07) is 5.90. The lowest BCUT2D eigenvalue weighted by Crippen LogP contribution is -2.34. The molecule has 0 saturated carbocycles. The van der Waals surface area contributed by atoms with Gasteiger partial charge in [0, 0.05) is 24.1 Å². The number of rotatable bonds is 17. The first-order valence-corrected chi connectivity index (χ1v) is 11.4. The van der Waals surface area contributed by atoms with Gasteiger partial charge in [0.2, 0.25) is 5.91 Å². The maximum Gasteiger partial charge on any atom is 0.270 e. The summed E-state index contributed by atoms with van der Waals surface area (Å²) >= 11 is 0. The van der Waals surface area contributed by atoms with Crippen LogP contribution in [0.4, 0.5) is 5.69 Å². The average Bonchev–Trinajstić information content (AvgIpc) is 2.76. The van der Waals surface area contributed by atoms with Gasteiger partial charge >= 0.3 is 0 Å². The molecule has 0 heterocycles. The first kappa shape index (κ1) is 26.3. The number of nitrogens with one attached hydrogen (secondary N) is 2. The van der Waals surface area contributed by atoms with Gasteiger partial charge in [-0.05, 0) is 6.42 Å².